The predicted molar refractivity (Wildman–Crippen MR) is 157 cm³/mol. The maximum atomic E-state index is 13.4. The molecule has 0 aromatic heterocycles. The molecule has 1 aliphatic heterocycles. The van der Waals surface area contributed by atoms with Gasteiger partial charge in [0, 0.05) is 26.5 Å². The Morgan fingerprint density at radius 1 is 0.927 bits per heavy atom. The molecule has 0 radical (unpaired) electrons. The molecule has 224 valence electrons. The van der Waals surface area contributed by atoms with Gasteiger partial charge < -0.3 is 34.3 Å². The van der Waals surface area contributed by atoms with Gasteiger partial charge in [0.05, 0.1) is 32.6 Å². The van der Waals surface area contributed by atoms with E-state index >= 15 is 0 Å². The van der Waals surface area contributed by atoms with Crippen molar-refractivity contribution in [3.63, 3.8) is 0 Å². The lowest BCUT2D eigenvalue weighted by molar-refractivity contribution is -0.222. The Bertz CT molecular complexity index is 1210. The first-order valence-electron chi connectivity index (χ1n) is 14.0. The lowest BCUT2D eigenvalue weighted by atomic mass is 9.99. The quantitative estimate of drug-likeness (QED) is 0.190. The number of cyclic esters (lactones) is 2. The van der Waals surface area contributed by atoms with Crippen LogP contribution in [0.3, 0.4) is 0 Å². The summed E-state index contributed by atoms with van der Waals surface area (Å²) in [7, 11) is 3.07. The highest BCUT2D eigenvalue weighted by molar-refractivity contribution is 6.16. The number of ether oxygens (including phenoxy) is 4. The minimum absolute atomic E-state index is 0.157. The molecule has 2 aromatic rings. The Labute approximate surface area is 243 Å². The van der Waals surface area contributed by atoms with E-state index in [1.807, 2.05) is 17.0 Å². The number of methoxy groups -OCH3 is 2. The normalized spacial score (nSPS) is 15.3. The standard InChI is InChI=1S/C32H44N2O7/c1-20(2)15-22-9-11-23(12-10-22)18-34(24(19-35)16-21(3)4)29(28-30(36)40-32(5,6)41-31(28)37)33-26-14-13-25(38-7)17-27(26)39-8/h9-14,17,20-21,24,33,35H,15-16,18-19H2,1-8H3. The maximum Gasteiger partial charge on any atom is 0.352 e. The average molecular weight is 569 g/mol. The third-order valence-corrected chi connectivity index (χ3v) is 6.69. The molecular formula is C32H44N2O7. The van der Waals surface area contributed by atoms with E-state index in [0.717, 1.165) is 12.0 Å². The fraction of sp³-hybridized carbons (Fsp3) is 0.500. The van der Waals surface area contributed by atoms with Crippen molar-refractivity contribution in [1.82, 2.24) is 4.90 Å². The summed E-state index contributed by atoms with van der Waals surface area (Å²) >= 11 is 0. The second kappa shape index (κ2) is 13.8. The van der Waals surface area contributed by atoms with Gasteiger partial charge in [-0.1, -0.05) is 52.0 Å². The molecule has 2 N–H and O–H groups in total. The van der Waals surface area contributed by atoms with Crippen LogP contribution in [0.5, 0.6) is 11.5 Å². The number of aliphatic hydroxyl groups excluding tert-OH is 1. The van der Waals surface area contributed by atoms with Crippen LogP contribution in [0.1, 0.15) is 59.1 Å². The van der Waals surface area contributed by atoms with Gasteiger partial charge in [0.15, 0.2) is 5.57 Å². The van der Waals surface area contributed by atoms with Crippen LogP contribution in [0, 0.1) is 11.8 Å². The summed E-state index contributed by atoms with van der Waals surface area (Å²) in [6.07, 6.45) is 1.55. The highest BCUT2D eigenvalue weighted by Gasteiger charge is 2.43. The minimum atomic E-state index is -1.41. The lowest BCUT2D eigenvalue weighted by Crippen LogP contribution is -2.47. The number of rotatable bonds is 13. The Morgan fingerprint density at radius 2 is 1.54 bits per heavy atom. The SMILES string of the molecule is COc1ccc(NC(=C2C(=O)OC(C)(C)OC2=O)N(Cc2ccc(CC(C)C)cc2)C(CO)CC(C)C)c(OC)c1. The lowest BCUT2D eigenvalue weighted by Gasteiger charge is -2.38. The van der Waals surface area contributed by atoms with E-state index in [2.05, 4.69) is 45.1 Å². The first-order chi connectivity index (χ1) is 19.4. The molecule has 0 saturated carbocycles. The smallest absolute Gasteiger partial charge is 0.352 e. The number of aliphatic hydroxyl groups is 1. The van der Waals surface area contributed by atoms with Gasteiger partial charge in [0.25, 0.3) is 5.79 Å². The molecule has 9 nitrogen and oxygen atoms in total. The van der Waals surface area contributed by atoms with Gasteiger partial charge in [-0.3, -0.25) is 0 Å². The van der Waals surface area contributed by atoms with Gasteiger partial charge in [-0.25, -0.2) is 9.59 Å². The summed E-state index contributed by atoms with van der Waals surface area (Å²) in [6, 6.07) is 13.0. The monoisotopic (exact) mass is 568 g/mol. The highest BCUT2D eigenvalue weighted by Crippen LogP contribution is 2.34. The fourth-order valence-electron chi connectivity index (χ4n) is 4.84. The summed E-state index contributed by atoms with van der Waals surface area (Å²) in [6.45, 7) is 11.6. The summed E-state index contributed by atoms with van der Waals surface area (Å²) in [4.78, 5) is 28.6. The van der Waals surface area contributed by atoms with Crippen molar-refractivity contribution < 1.29 is 33.6 Å². The van der Waals surface area contributed by atoms with Gasteiger partial charge in [-0.2, -0.15) is 0 Å². The van der Waals surface area contributed by atoms with Gasteiger partial charge in [0.2, 0.25) is 0 Å². The number of anilines is 1. The Hall–Kier alpha value is -3.72. The topological polar surface area (TPSA) is 107 Å². The van der Waals surface area contributed by atoms with Crippen molar-refractivity contribution in [3.05, 3.63) is 65.0 Å². The van der Waals surface area contributed by atoms with Crippen LogP contribution in [0.25, 0.3) is 0 Å². The van der Waals surface area contributed by atoms with Crippen molar-refractivity contribution >= 4 is 17.6 Å². The molecule has 0 amide bonds. The molecule has 2 aromatic carbocycles. The highest BCUT2D eigenvalue weighted by atomic mass is 16.7. The molecular weight excluding hydrogens is 524 g/mol. The Kier molecular flexibility index (Phi) is 10.7. The molecule has 1 unspecified atom stereocenters. The van der Waals surface area contributed by atoms with Gasteiger partial charge in [0.1, 0.15) is 17.3 Å². The molecule has 1 aliphatic rings. The van der Waals surface area contributed by atoms with Crippen LogP contribution in [0.4, 0.5) is 5.69 Å². The molecule has 1 saturated heterocycles. The second-order valence-electron chi connectivity index (χ2n) is 11.6. The molecule has 0 spiro atoms. The van der Waals surface area contributed by atoms with E-state index in [4.69, 9.17) is 18.9 Å². The van der Waals surface area contributed by atoms with E-state index in [-0.39, 0.29) is 23.9 Å². The number of benzene rings is 2. The predicted octanol–water partition coefficient (Wildman–Crippen LogP) is 5.27. The van der Waals surface area contributed by atoms with Crippen LogP contribution in [-0.2, 0) is 32.0 Å². The maximum absolute atomic E-state index is 13.4. The minimum Gasteiger partial charge on any atom is -0.497 e. The summed E-state index contributed by atoms with van der Waals surface area (Å²) in [5.74, 6) is -1.14. The zero-order chi connectivity index (χ0) is 30.3. The van der Waals surface area contributed by atoms with Crippen molar-refractivity contribution in [2.45, 2.75) is 72.8 Å². The number of hydrogen-bond donors (Lipinski definition) is 2. The fourth-order valence-corrected chi connectivity index (χ4v) is 4.84. The van der Waals surface area contributed by atoms with E-state index in [9.17, 15) is 14.7 Å². The average Bonchev–Trinajstić information content (AvgIpc) is 2.89. The van der Waals surface area contributed by atoms with Crippen LogP contribution in [0.2, 0.25) is 0 Å². The first kappa shape index (κ1) is 31.8. The molecule has 1 atom stereocenters. The van der Waals surface area contributed by atoms with Crippen molar-refractivity contribution in [1.29, 1.82) is 0 Å². The zero-order valence-electron chi connectivity index (χ0n) is 25.4. The molecule has 9 heteroatoms. The number of esters is 2. The third-order valence-electron chi connectivity index (χ3n) is 6.69. The van der Waals surface area contributed by atoms with E-state index in [1.165, 1.54) is 26.5 Å². The van der Waals surface area contributed by atoms with Crippen molar-refractivity contribution in [3.8, 4) is 11.5 Å². The molecule has 0 bridgehead atoms. The summed E-state index contributed by atoms with van der Waals surface area (Å²) < 4.78 is 21.9. The molecule has 41 heavy (non-hydrogen) atoms. The van der Waals surface area contributed by atoms with E-state index in [1.54, 1.807) is 25.3 Å². The van der Waals surface area contributed by atoms with Gasteiger partial charge in [-0.15, -0.1) is 0 Å². The van der Waals surface area contributed by atoms with Crippen LogP contribution < -0.4 is 14.8 Å². The Balaban J connectivity index is 2.19. The zero-order valence-corrected chi connectivity index (χ0v) is 25.4. The second-order valence-corrected chi connectivity index (χ2v) is 11.6. The summed E-state index contributed by atoms with van der Waals surface area (Å²) in [5, 5.41) is 13.9. The number of carbonyl (C=O) groups is 2. The summed E-state index contributed by atoms with van der Waals surface area (Å²) in [5.41, 5.74) is 2.36. The van der Waals surface area contributed by atoms with E-state index in [0.29, 0.717) is 36.1 Å². The third kappa shape index (κ3) is 8.39. The number of hydrogen-bond acceptors (Lipinski definition) is 9. The van der Waals surface area contributed by atoms with E-state index < -0.39 is 23.8 Å². The van der Waals surface area contributed by atoms with Gasteiger partial charge in [-0.05, 0) is 47.9 Å². The van der Waals surface area contributed by atoms with Crippen molar-refractivity contribution in [2.75, 3.05) is 26.1 Å². The largest absolute Gasteiger partial charge is 0.497 e. The molecule has 1 heterocycles. The van der Waals surface area contributed by atoms with Crippen LogP contribution >= 0.6 is 0 Å². The number of nitrogens with zero attached hydrogens (tertiary/aromatic N) is 1. The molecule has 1 fully saturated rings. The number of carbonyl (C=O) groups excluding carboxylic acids is 2. The van der Waals surface area contributed by atoms with Crippen LogP contribution in [-0.4, -0.2) is 54.6 Å². The first-order valence-corrected chi connectivity index (χ1v) is 14.0. The number of nitrogens with one attached hydrogen (secondary N) is 1. The van der Waals surface area contributed by atoms with Crippen molar-refractivity contribution in [2.24, 2.45) is 11.8 Å². The van der Waals surface area contributed by atoms with Crippen LogP contribution in [0.15, 0.2) is 53.9 Å². The Morgan fingerprint density at radius 3 is 2.05 bits per heavy atom. The van der Waals surface area contributed by atoms with Gasteiger partial charge >= 0.3 is 11.9 Å². The molecule has 3 rings (SSSR count). The molecule has 0 aliphatic carbocycles.